The van der Waals surface area contributed by atoms with Crippen LogP contribution in [0.15, 0.2) is 24.4 Å². The molecule has 7 heteroatoms. The van der Waals surface area contributed by atoms with E-state index in [2.05, 4.69) is 20.6 Å². The zero-order valence-corrected chi connectivity index (χ0v) is 10.0. The minimum absolute atomic E-state index is 0.414. The van der Waals surface area contributed by atoms with Gasteiger partial charge in [0.05, 0.1) is 5.69 Å². The molecule has 18 heavy (non-hydrogen) atoms. The number of rotatable bonds is 4. The summed E-state index contributed by atoms with van der Waals surface area (Å²) >= 11 is 0. The van der Waals surface area contributed by atoms with Crippen LogP contribution >= 0.6 is 0 Å². The molecule has 0 aliphatic rings. The lowest BCUT2D eigenvalue weighted by atomic mass is 10.3. The minimum atomic E-state index is -0.941. The van der Waals surface area contributed by atoms with Crippen LogP contribution in [-0.4, -0.2) is 37.1 Å². The standard InChI is InChI=1S/C11H13N5O2/c1-7-5-6-16(15-7)10-4-3-9(13-14-10)12-8(2)11(17)18/h3-6,8H,1-2H3,(H,12,13)(H,17,18). The molecule has 0 saturated carbocycles. The number of anilines is 1. The molecule has 2 aromatic heterocycles. The van der Waals surface area contributed by atoms with E-state index < -0.39 is 12.0 Å². The number of aliphatic carboxylic acids is 1. The minimum Gasteiger partial charge on any atom is -0.480 e. The van der Waals surface area contributed by atoms with E-state index in [0.717, 1.165) is 5.69 Å². The average molecular weight is 247 g/mol. The van der Waals surface area contributed by atoms with Gasteiger partial charge in [0.15, 0.2) is 5.82 Å². The van der Waals surface area contributed by atoms with Gasteiger partial charge in [0.2, 0.25) is 0 Å². The predicted molar refractivity (Wildman–Crippen MR) is 64.6 cm³/mol. The number of carbonyl (C=O) groups is 1. The summed E-state index contributed by atoms with van der Waals surface area (Å²) in [5.41, 5.74) is 0.888. The van der Waals surface area contributed by atoms with Crippen LogP contribution in [0.1, 0.15) is 12.6 Å². The van der Waals surface area contributed by atoms with Gasteiger partial charge < -0.3 is 10.4 Å². The van der Waals surface area contributed by atoms with E-state index in [9.17, 15) is 4.79 Å². The number of nitrogens with one attached hydrogen (secondary N) is 1. The number of carboxylic acid groups (broad SMARTS) is 1. The summed E-state index contributed by atoms with van der Waals surface area (Å²) in [5.74, 6) is 0.0535. The van der Waals surface area contributed by atoms with Gasteiger partial charge in [0.25, 0.3) is 0 Å². The molecule has 1 unspecified atom stereocenters. The second-order valence-electron chi connectivity index (χ2n) is 3.88. The molecule has 2 N–H and O–H groups in total. The molecule has 2 rings (SSSR count). The monoisotopic (exact) mass is 247 g/mol. The summed E-state index contributed by atoms with van der Waals surface area (Å²) < 4.78 is 1.60. The van der Waals surface area contributed by atoms with Crippen molar-refractivity contribution in [3.8, 4) is 5.82 Å². The Labute approximate surface area is 103 Å². The fourth-order valence-corrected chi connectivity index (χ4v) is 1.35. The highest BCUT2D eigenvalue weighted by molar-refractivity contribution is 5.76. The second-order valence-corrected chi connectivity index (χ2v) is 3.88. The van der Waals surface area contributed by atoms with E-state index >= 15 is 0 Å². The first kappa shape index (κ1) is 12.0. The molecule has 1 atom stereocenters. The summed E-state index contributed by atoms with van der Waals surface area (Å²) in [6, 6.07) is 4.53. The molecule has 0 fully saturated rings. The molecule has 0 aliphatic heterocycles. The largest absolute Gasteiger partial charge is 0.480 e. The van der Waals surface area contributed by atoms with Gasteiger partial charge >= 0.3 is 5.97 Å². The maximum atomic E-state index is 10.7. The van der Waals surface area contributed by atoms with Crippen LogP contribution in [0.3, 0.4) is 0 Å². The number of hydrogen-bond acceptors (Lipinski definition) is 5. The molecule has 0 spiro atoms. The third-order valence-corrected chi connectivity index (χ3v) is 2.34. The molecular weight excluding hydrogens is 234 g/mol. The molecule has 0 radical (unpaired) electrons. The Balaban J connectivity index is 2.13. The third-order valence-electron chi connectivity index (χ3n) is 2.34. The summed E-state index contributed by atoms with van der Waals surface area (Å²) in [5, 5.41) is 23.5. The molecule has 0 saturated heterocycles. The molecule has 94 valence electrons. The first-order valence-electron chi connectivity index (χ1n) is 5.42. The van der Waals surface area contributed by atoms with Gasteiger partial charge in [-0.3, -0.25) is 4.79 Å². The Kier molecular flexibility index (Phi) is 3.22. The number of carboxylic acids is 1. The highest BCUT2D eigenvalue weighted by Gasteiger charge is 2.11. The van der Waals surface area contributed by atoms with Crippen LogP contribution < -0.4 is 5.32 Å². The highest BCUT2D eigenvalue weighted by Crippen LogP contribution is 2.07. The van der Waals surface area contributed by atoms with Crippen molar-refractivity contribution < 1.29 is 9.90 Å². The fourth-order valence-electron chi connectivity index (χ4n) is 1.35. The molecule has 2 heterocycles. The van der Waals surface area contributed by atoms with Crippen LogP contribution in [0.4, 0.5) is 5.82 Å². The van der Waals surface area contributed by atoms with E-state index in [1.165, 1.54) is 6.92 Å². The predicted octanol–water partition coefficient (Wildman–Crippen LogP) is 0.856. The third kappa shape index (κ3) is 2.62. The lowest BCUT2D eigenvalue weighted by Gasteiger charge is -2.09. The average Bonchev–Trinajstić information content (AvgIpc) is 2.76. The van der Waals surface area contributed by atoms with Crippen molar-refractivity contribution >= 4 is 11.8 Å². The normalized spacial score (nSPS) is 12.1. The van der Waals surface area contributed by atoms with Gasteiger partial charge in [-0.25, -0.2) is 4.68 Å². The number of aromatic nitrogens is 4. The maximum Gasteiger partial charge on any atom is 0.325 e. The fraction of sp³-hybridized carbons (Fsp3) is 0.273. The van der Waals surface area contributed by atoms with Gasteiger partial charge in [0, 0.05) is 6.20 Å². The molecule has 0 bridgehead atoms. The molecule has 0 aliphatic carbocycles. The SMILES string of the molecule is Cc1ccn(-c2ccc(NC(C)C(=O)O)nn2)n1. The number of hydrogen-bond donors (Lipinski definition) is 2. The highest BCUT2D eigenvalue weighted by atomic mass is 16.4. The summed E-state index contributed by atoms with van der Waals surface area (Å²) in [6.45, 7) is 3.42. The Morgan fingerprint density at radius 2 is 2.17 bits per heavy atom. The smallest absolute Gasteiger partial charge is 0.325 e. The summed E-state index contributed by atoms with van der Waals surface area (Å²) in [7, 11) is 0. The molecule has 0 amide bonds. The zero-order valence-electron chi connectivity index (χ0n) is 10.0. The Bertz CT molecular complexity index is 549. The van der Waals surface area contributed by atoms with Crippen LogP contribution in [-0.2, 0) is 4.79 Å². The van der Waals surface area contributed by atoms with E-state index in [4.69, 9.17) is 5.11 Å². The lowest BCUT2D eigenvalue weighted by Crippen LogP contribution is -2.26. The van der Waals surface area contributed by atoms with Crippen molar-refractivity contribution in [3.05, 3.63) is 30.1 Å². The van der Waals surface area contributed by atoms with Crippen molar-refractivity contribution in [2.45, 2.75) is 19.9 Å². The molecule has 0 aromatic carbocycles. The van der Waals surface area contributed by atoms with Crippen molar-refractivity contribution in [3.63, 3.8) is 0 Å². The Morgan fingerprint density at radius 3 is 2.67 bits per heavy atom. The molecular formula is C11H13N5O2. The molecule has 2 aromatic rings. The van der Waals surface area contributed by atoms with Gasteiger partial charge in [-0.15, -0.1) is 10.2 Å². The summed E-state index contributed by atoms with van der Waals surface area (Å²) in [6.07, 6.45) is 1.78. The maximum absolute atomic E-state index is 10.7. The van der Waals surface area contributed by atoms with Crippen LogP contribution in [0.2, 0.25) is 0 Å². The summed E-state index contributed by atoms with van der Waals surface area (Å²) in [4.78, 5) is 10.7. The van der Waals surface area contributed by atoms with Crippen LogP contribution in [0.5, 0.6) is 0 Å². The second kappa shape index (κ2) is 4.82. The topological polar surface area (TPSA) is 92.9 Å². The van der Waals surface area contributed by atoms with Gasteiger partial charge in [-0.1, -0.05) is 0 Å². The van der Waals surface area contributed by atoms with E-state index in [1.54, 1.807) is 23.0 Å². The van der Waals surface area contributed by atoms with E-state index in [-0.39, 0.29) is 0 Å². The number of aryl methyl sites for hydroxylation is 1. The first-order valence-corrected chi connectivity index (χ1v) is 5.42. The zero-order chi connectivity index (χ0) is 13.1. The van der Waals surface area contributed by atoms with Crippen LogP contribution in [0, 0.1) is 6.92 Å². The van der Waals surface area contributed by atoms with Gasteiger partial charge in [-0.2, -0.15) is 5.10 Å². The quantitative estimate of drug-likeness (QED) is 0.832. The molecule has 7 nitrogen and oxygen atoms in total. The van der Waals surface area contributed by atoms with E-state index in [0.29, 0.717) is 11.6 Å². The Morgan fingerprint density at radius 1 is 1.39 bits per heavy atom. The lowest BCUT2D eigenvalue weighted by molar-refractivity contribution is -0.137. The Hall–Kier alpha value is -2.44. The van der Waals surface area contributed by atoms with Crippen LogP contribution in [0.25, 0.3) is 5.82 Å². The van der Waals surface area contributed by atoms with Crippen molar-refractivity contribution in [1.82, 2.24) is 20.0 Å². The van der Waals surface area contributed by atoms with Gasteiger partial charge in [0.1, 0.15) is 11.9 Å². The number of nitrogens with zero attached hydrogens (tertiary/aromatic N) is 4. The van der Waals surface area contributed by atoms with Gasteiger partial charge in [-0.05, 0) is 32.0 Å². The van der Waals surface area contributed by atoms with E-state index in [1.807, 2.05) is 13.0 Å². The van der Waals surface area contributed by atoms with Crippen molar-refractivity contribution in [2.24, 2.45) is 0 Å². The first-order chi connectivity index (χ1) is 8.56. The van der Waals surface area contributed by atoms with Crippen molar-refractivity contribution in [2.75, 3.05) is 5.32 Å². The van der Waals surface area contributed by atoms with Crippen molar-refractivity contribution in [1.29, 1.82) is 0 Å².